The lowest BCUT2D eigenvalue weighted by atomic mass is 9.95. The molecule has 3 aromatic rings. The van der Waals surface area contributed by atoms with Gasteiger partial charge in [-0.25, -0.2) is 14.6 Å². The first-order valence-corrected chi connectivity index (χ1v) is 12.4. The van der Waals surface area contributed by atoms with E-state index in [2.05, 4.69) is 4.99 Å². The van der Waals surface area contributed by atoms with Crippen LogP contribution in [0.3, 0.4) is 0 Å². The Kier molecular flexibility index (Phi) is 7.96. The van der Waals surface area contributed by atoms with Gasteiger partial charge in [0.1, 0.15) is 5.75 Å². The van der Waals surface area contributed by atoms with Crippen LogP contribution in [0.5, 0.6) is 17.2 Å². The van der Waals surface area contributed by atoms with Crippen LogP contribution in [0, 0.1) is 0 Å². The topological polar surface area (TPSA) is 126 Å². The van der Waals surface area contributed by atoms with Crippen LogP contribution >= 0.6 is 11.3 Å². The molecule has 0 bridgehead atoms. The minimum absolute atomic E-state index is 0.171. The summed E-state index contributed by atoms with van der Waals surface area (Å²) >= 11 is 1.20. The molecule has 0 unspecified atom stereocenters. The Balaban J connectivity index is 1.85. The lowest BCUT2D eigenvalue weighted by Crippen LogP contribution is -2.39. The van der Waals surface area contributed by atoms with Crippen LogP contribution < -0.4 is 29.1 Å². The lowest BCUT2D eigenvalue weighted by Gasteiger charge is -2.25. The number of esters is 1. The van der Waals surface area contributed by atoms with Crippen molar-refractivity contribution >= 4 is 29.4 Å². The Morgan fingerprint density at radius 1 is 1.11 bits per heavy atom. The van der Waals surface area contributed by atoms with Crippen LogP contribution in [0.1, 0.15) is 31.0 Å². The van der Waals surface area contributed by atoms with E-state index in [-0.39, 0.29) is 17.7 Å². The maximum atomic E-state index is 13.7. The number of ether oxygens (including phenoxy) is 4. The van der Waals surface area contributed by atoms with Crippen LogP contribution in [0.4, 0.5) is 0 Å². The van der Waals surface area contributed by atoms with Gasteiger partial charge in [-0.2, -0.15) is 0 Å². The zero-order valence-electron chi connectivity index (χ0n) is 21.2. The summed E-state index contributed by atoms with van der Waals surface area (Å²) < 4.78 is 23.2. The Morgan fingerprint density at radius 3 is 2.45 bits per heavy atom. The molecule has 0 fully saturated rings. The molecule has 38 heavy (non-hydrogen) atoms. The van der Waals surface area contributed by atoms with Crippen molar-refractivity contribution in [3.63, 3.8) is 0 Å². The number of carboxylic acid groups (broad SMARTS) is 1. The van der Waals surface area contributed by atoms with E-state index in [9.17, 15) is 14.4 Å². The van der Waals surface area contributed by atoms with Gasteiger partial charge in [0.25, 0.3) is 5.56 Å². The van der Waals surface area contributed by atoms with Crippen molar-refractivity contribution in [2.24, 2.45) is 4.99 Å². The number of carboxylic acids is 1. The normalized spacial score (nSPS) is 14.9. The highest BCUT2D eigenvalue weighted by atomic mass is 32.1. The minimum atomic E-state index is -1.07. The van der Waals surface area contributed by atoms with Gasteiger partial charge in [-0.15, -0.1) is 0 Å². The van der Waals surface area contributed by atoms with Crippen LogP contribution in [0.2, 0.25) is 0 Å². The SMILES string of the molecule is CCOC(=O)C1=C(C)N=c2s/c(=C\c3ccc(OCC(=O)O)cc3)c(=O)n2[C@@H]1c1ccc(OC)c(OC)c1. The quantitative estimate of drug-likeness (QED) is 0.412. The molecule has 0 radical (unpaired) electrons. The third-order valence-corrected chi connectivity index (χ3v) is 6.76. The van der Waals surface area contributed by atoms with Gasteiger partial charge in [-0.1, -0.05) is 29.5 Å². The van der Waals surface area contributed by atoms with Gasteiger partial charge >= 0.3 is 11.9 Å². The number of fused-ring (bicyclic) bond motifs is 1. The fraction of sp³-hybridized carbons (Fsp3) is 0.259. The van der Waals surface area contributed by atoms with Crippen molar-refractivity contribution in [3.05, 3.63) is 84.5 Å². The summed E-state index contributed by atoms with van der Waals surface area (Å²) in [6.07, 6.45) is 1.71. The van der Waals surface area contributed by atoms with E-state index in [0.29, 0.717) is 43.4 Å². The molecule has 1 aromatic heterocycles. The van der Waals surface area contributed by atoms with Crippen molar-refractivity contribution in [2.45, 2.75) is 19.9 Å². The monoisotopic (exact) mass is 538 g/mol. The molecule has 1 N–H and O–H groups in total. The molecule has 0 aliphatic carbocycles. The zero-order valence-corrected chi connectivity index (χ0v) is 22.0. The maximum Gasteiger partial charge on any atom is 0.341 e. The number of benzene rings is 2. The number of thiazole rings is 1. The molecule has 0 saturated heterocycles. The second-order valence-electron chi connectivity index (χ2n) is 8.17. The number of carbonyl (C=O) groups excluding carboxylic acids is 1. The second-order valence-corrected chi connectivity index (χ2v) is 9.18. The van der Waals surface area contributed by atoms with Gasteiger partial charge in [-0.3, -0.25) is 9.36 Å². The van der Waals surface area contributed by atoms with Crippen molar-refractivity contribution in [1.82, 2.24) is 4.57 Å². The molecule has 4 rings (SSSR count). The van der Waals surface area contributed by atoms with Crippen LogP contribution in [0.15, 0.2) is 63.5 Å². The molecule has 11 heteroatoms. The number of hydrogen-bond donors (Lipinski definition) is 1. The average molecular weight is 539 g/mol. The number of methoxy groups -OCH3 is 2. The molecule has 1 atom stereocenters. The summed E-state index contributed by atoms with van der Waals surface area (Å²) in [7, 11) is 3.04. The van der Waals surface area contributed by atoms with Crippen LogP contribution in [0.25, 0.3) is 6.08 Å². The fourth-order valence-corrected chi connectivity index (χ4v) is 5.13. The van der Waals surface area contributed by atoms with Crippen LogP contribution in [-0.4, -0.2) is 49.0 Å². The smallest absolute Gasteiger partial charge is 0.341 e. The number of aliphatic carboxylic acids is 1. The fourth-order valence-electron chi connectivity index (χ4n) is 4.09. The Labute approximate surface area is 221 Å². The van der Waals surface area contributed by atoms with E-state index in [1.807, 2.05) is 0 Å². The summed E-state index contributed by atoms with van der Waals surface area (Å²) in [5.74, 6) is -0.265. The highest BCUT2D eigenvalue weighted by molar-refractivity contribution is 7.07. The molecule has 0 spiro atoms. The summed E-state index contributed by atoms with van der Waals surface area (Å²) in [4.78, 5) is 42.5. The number of carbonyl (C=O) groups is 2. The molecule has 2 heterocycles. The Hall–Kier alpha value is -4.38. The Bertz CT molecular complexity index is 1580. The van der Waals surface area contributed by atoms with Crippen molar-refractivity contribution < 1.29 is 33.6 Å². The van der Waals surface area contributed by atoms with Crippen molar-refractivity contribution in [3.8, 4) is 17.2 Å². The van der Waals surface area contributed by atoms with E-state index in [1.54, 1.807) is 62.4 Å². The first kappa shape index (κ1) is 26.7. The van der Waals surface area contributed by atoms with E-state index in [1.165, 1.54) is 30.1 Å². The second kappa shape index (κ2) is 11.3. The van der Waals surface area contributed by atoms with Gasteiger partial charge in [-0.05, 0) is 55.3 Å². The van der Waals surface area contributed by atoms with Crippen molar-refractivity contribution in [2.75, 3.05) is 27.4 Å². The molecule has 10 nitrogen and oxygen atoms in total. The minimum Gasteiger partial charge on any atom is -0.493 e. The van der Waals surface area contributed by atoms with Gasteiger partial charge in [0.2, 0.25) is 0 Å². The number of nitrogens with zero attached hydrogens (tertiary/aromatic N) is 2. The van der Waals surface area contributed by atoms with Gasteiger partial charge in [0, 0.05) is 0 Å². The van der Waals surface area contributed by atoms with Crippen molar-refractivity contribution in [1.29, 1.82) is 0 Å². The van der Waals surface area contributed by atoms with E-state index in [0.717, 1.165) is 0 Å². The third kappa shape index (κ3) is 5.32. The van der Waals surface area contributed by atoms with Gasteiger partial charge < -0.3 is 24.1 Å². The molecule has 198 valence electrons. The molecule has 2 aromatic carbocycles. The molecule has 1 aliphatic heterocycles. The first-order chi connectivity index (χ1) is 18.3. The summed E-state index contributed by atoms with van der Waals surface area (Å²) in [6, 6.07) is 11.1. The van der Waals surface area contributed by atoms with Crippen LogP contribution in [-0.2, 0) is 14.3 Å². The molecule has 1 aliphatic rings. The average Bonchev–Trinajstić information content (AvgIpc) is 3.21. The summed E-state index contributed by atoms with van der Waals surface area (Å²) in [5.41, 5.74) is 1.73. The lowest BCUT2D eigenvalue weighted by molar-refractivity contribution is -0.140. The summed E-state index contributed by atoms with van der Waals surface area (Å²) in [5, 5.41) is 8.77. The number of aromatic nitrogens is 1. The first-order valence-electron chi connectivity index (χ1n) is 11.6. The molecular weight excluding hydrogens is 512 g/mol. The third-order valence-electron chi connectivity index (χ3n) is 5.78. The van der Waals surface area contributed by atoms with E-state index >= 15 is 0 Å². The van der Waals surface area contributed by atoms with E-state index < -0.39 is 24.6 Å². The standard InChI is InChI=1S/C27H26N2O8S/c1-5-36-26(33)23-15(2)28-27-29(24(23)17-8-11-19(34-3)20(13-17)35-4)25(32)21(38-27)12-16-6-9-18(10-7-16)37-14-22(30)31/h6-13,24H,5,14H2,1-4H3,(H,30,31)/b21-12-/t24-/m1/s1. The maximum absolute atomic E-state index is 13.7. The highest BCUT2D eigenvalue weighted by Gasteiger charge is 2.33. The number of hydrogen-bond acceptors (Lipinski definition) is 9. The summed E-state index contributed by atoms with van der Waals surface area (Å²) in [6.45, 7) is 3.15. The predicted octanol–water partition coefficient (Wildman–Crippen LogP) is 2.28. The highest BCUT2D eigenvalue weighted by Crippen LogP contribution is 2.36. The number of allylic oxidation sites excluding steroid dienone is 1. The molecule has 0 amide bonds. The largest absolute Gasteiger partial charge is 0.493 e. The van der Waals surface area contributed by atoms with Gasteiger partial charge in [0.05, 0.1) is 42.7 Å². The van der Waals surface area contributed by atoms with E-state index in [4.69, 9.17) is 24.1 Å². The predicted molar refractivity (Wildman–Crippen MR) is 140 cm³/mol. The number of rotatable bonds is 9. The zero-order chi connectivity index (χ0) is 27.4. The van der Waals surface area contributed by atoms with Gasteiger partial charge in [0.15, 0.2) is 22.9 Å². The molecule has 0 saturated carbocycles. The molecular formula is C27H26N2O8S. The Morgan fingerprint density at radius 2 is 1.82 bits per heavy atom.